The molecule has 0 amide bonds. The molecular formula is C15H15BF3NO5S. The Balaban J connectivity index is 2.13. The Kier molecular flexibility index (Phi) is 4.21. The van der Waals surface area contributed by atoms with Gasteiger partial charge in [-0.25, -0.2) is 0 Å². The predicted molar refractivity (Wildman–Crippen MR) is 89.6 cm³/mol. The molecule has 0 radical (unpaired) electrons. The number of hydrogen-bond acceptors (Lipinski definition) is 5. The zero-order valence-corrected chi connectivity index (χ0v) is 14.6. The molecule has 2 aromatic carbocycles. The molecule has 6 nitrogen and oxygen atoms in total. The van der Waals surface area contributed by atoms with Crippen LogP contribution in [0.25, 0.3) is 0 Å². The van der Waals surface area contributed by atoms with Gasteiger partial charge in [0.05, 0.1) is 5.69 Å². The zero-order valence-electron chi connectivity index (χ0n) is 13.8. The van der Waals surface area contributed by atoms with Gasteiger partial charge in [-0.15, -0.1) is 0 Å². The summed E-state index contributed by atoms with van der Waals surface area (Å²) < 4.78 is 77.5. The maximum Gasteiger partial charge on any atom is 0.759 e. The summed E-state index contributed by atoms with van der Waals surface area (Å²) in [6.45, 7) is -3.48. The fourth-order valence-corrected chi connectivity index (χ4v) is 3.33. The normalized spacial score (nSPS) is 16.5. The van der Waals surface area contributed by atoms with E-state index in [0.29, 0.717) is 5.69 Å². The van der Waals surface area contributed by atoms with Gasteiger partial charge in [0.25, 0.3) is 0 Å². The first-order chi connectivity index (χ1) is 12.0. The quantitative estimate of drug-likeness (QED) is 0.594. The highest BCUT2D eigenvalue weighted by molar-refractivity contribution is 7.88. The third kappa shape index (κ3) is 2.91. The lowest BCUT2D eigenvalue weighted by atomic mass is 9.89. The van der Waals surface area contributed by atoms with Crippen molar-refractivity contribution in [3.05, 3.63) is 54.6 Å². The lowest BCUT2D eigenvalue weighted by molar-refractivity contribution is -0.0522. The summed E-state index contributed by atoms with van der Waals surface area (Å²) in [5.74, 6) is 0.180. The molecule has 2 aromatic rings. The van der Waals surface area contributed by atoms with Crippen molar-refractivity contribution in [2.45, 2.75) is 5.51 Å². The third-order valence-electron chi connectivity index (χ3n) is 4.14. The van der Waals surface area contributed by atoms with Crippen LogP contribution >= 0.6 is 0 Å². The van der Waals surface area contributed by atoms with Gasteiger partial charge in [-0.2, -0.15) is 21.6 Å². The zero-order chi connectivity index (χ0) is 19.2. The lowest BCUT2D eigenvalue weighted by Crippen LogP contribution is -2.74. The maximum absolute atomic E-state index is 13.0. The minimum absolute atomic E-state index is 0.0898. The van der Waals surface area contributed by atoms with Gasteiger partial charge in [-0.05, 0) is 24.3 Å². The van der Waals surface area contributed by atoms with Gasteiger partial charge in [0.1, 0.15) is 11.5 Å². The van der Waals surface area contributed by atoms with Crippen molar-refractivity contribution < 1.29 is 35.0 Å². The van der Waals surface area contributed by atoms with Crippen LogP contribution in [-0.2, 0) is 14.2 Å². The van der Waals surface area contributed by atoms with Crippen molar-refractivity contribution in [1.82, 2.24) is 4.39 Å². The van der Waals surface area contributed by atoms with Gasteiger partial charge in [-0.1, -0.05) is 30.3 Å². The van der Waals surface area contributed by atoms with Gasteiger partial charge in [0, 0.05) is 14.1 Å². The molecular weight excluding hydrogens is 374 g/mol. The number of rotatable bonds is 4. The number of hydrogen-bond donors (Lipinski definition) is 0. The SMILES string of the molecule is C[N+](C)(c1ccccc1)[B-]1(OS(=O)(=O)C(F)(F)F)Oc2ccccc2O1. The molecule has 0 aromatic heterocycles. The molecule has 0 spiro atoms. The van der Waals surface area contributed by atoms with E-state index >= 15 is 0 Å². The highest BCUT2D eigenvalue weighted by Gasteiger charge is 2.65. The molecule has 0 N–H and O–H groups in total. The van der Waals surface area contributed by atoms with E-state index < -0.39 is 26.9 Å². The van der Waals surface area contributed by atoms with Crippen LogP contribution in [0, 0.1) is 0 Å². The Hall–Kier alpha value is -2.24. The Morgan fingerprint density at radius 2 is 1.38 bits per heavy atom. The van der Waals surface area contributed by atoms with Crippen molar-refractivity contribution in [3.63, 3.8) is 0 Å². The average molecular weight is 389 g/mol. The maximum atomic E-state index is 13.0. The van der Waals surface area contributed by atoms with Crippen molar-refractivity contribution in [2.24, 2.45) is 0 Å². The minimum Gasteiger partial charge on any atom is -0.600 e. The van der Waals surface area contributed by atoms with Crippen LogP contribution in [0.2, 0.25) is 0 Å². The van der Waals surface area contributed by atoms with Crippen LogP contribution in [-0.4, -0.2) is 34.9 Å². The predicted octanol–water partition coefficient (Wildman–Crippen LogP) is 3.03. The largest absolute Gasteiger partial charge is 0.759 e. The molecule has 1 aliphatic heterocycles. The van der Waals surface area contributed by atoms with E-state index in [1.807, 2.05) is 0 Å². The van der Waals surface area contributed by atoms with Gasteiger partial charge in [0.15, 0.2) is 0 Å². The number of nitrogens with zero attached hydrogens (tertiary/aromatic N) is 1. The number of benzene rings is 2. The molecule has 0 saturated carbocycles. The van der Waals surface area contributed by atoms with Crippen molar-refractivity contribution in [3.8, 4) is 11.5 Å². The molecule has 1 heterocycles. The van der Waals surface area contributed by atoms with Gasteiger partial charge < -0.3 is 17.8 Å². The summed E-state index contributed by atoms with van der Waals surface area (Å²) >= 11 is 0. The number of fused-ring (bicyclic) bond motifs is 1. The van der Waals surface area contributed by atoms with Crippen LogP contribution in [0.5, 0.6) is 11.5 Å². The fraction of sp³-hybridized carbons (Fsp3) is 0.200. The summed E-state index contributed by atoms with van der Waals surface area (Å²) in [6, 6.07) is 14.3. The molecule has 26 heavy (non-hydrogen) atoms. The summed E-state index contributed by atoms with van der Waals surface area (Å²) in [6.07, 6.45) is 0. The second kappa shape index (κ2) is 5.90. The first-order valence-corrected chi connectivity index (χ1v) is 8.91. The Morgan fingerprint density at radius 1 is 0.923 bits per heavy atom. The molecule has 0 atom stereocenters. The molecule has 0 aliphatic carbocycles. The fourth-order valence-electron chi connectivity index (χ4n) is 2.61. The number of quaternary nitrogens is 1. The van der Waals surface area contributed by atoms with Crippen molar-refractivity contribution in [1.29, 1.82) is 0 Å². The Morgan fingerprint density at radius 3 is 1.85 bits per heavy atom. The first kappa shape index (κ1) is 18.6. The minimum atomic E-state index is -5.99. The van der Waals surface area contributed by atoms with Crippen LogP contribution in [0.1, 0.15) is 0 Å². The topological polar surface area (TPSA) is 61.8 Å². The first-order valence-electron chi connectivity index (χ1n) is 7.50. The highest BCUT2D eigenvalue weighted by atomic mass is 32.2. The molecule has 0 unspecified atom stereocenters. The Bertz CT molecular complexity index is 893. The van der Waals surface area contributed by atoms with Crippen LogP contribution in [0.4, 0.5) is 18.9 Å². The van der Waals surface area contributed by atoms with E-state index in [1.165, 1.54) is 26.2 Å². The monoisotopic (exact) mass is 389 g/mol. The van der Waals surface area contributed by atoms with Crippen LogP contribution < -0.4 is 13.7 Å². The molecule has 11 heteroatoms. The number of alkyl halides is 3. The van der Waals surface area contributed by atoms with E-state index in [9.17, 15) is 21.6 Å². The molecule has 1 aliphatic rings. The molecule has 140 valence electrons. The number of halogens is 3. The van der Waals surface area contributed by atoms with Crippen LogP contribution in [0.15, 0.2) is 54.6 Å². The summed E-state index contributed by atoms with van der Waals surface area (Å²) in [4.78, 5) is 0. The Labute approximate surface area is 148 Å². The van der Waals surface area contributed by atoms with Gasteiger partial charge >= 0.3 is 22.5 Å². The molecule has 0 fully saturated rings. The summed E-state index contributed by atoms with van der Waals surface area (Å²) in [5, 5.41) is 0. The van der Waals surface area contributed by atoms with Crippen LogP contribution in [0.3, 0.4) is 0 Å². The van der Waals surface area contributed by atoms with E-state index in [4.69, 9.17) is 9.31 Å². The highest BCUT2D eigenvalue weighted by Crippen LogP contribution is 2.43. The number of para-hydroxylation sites is 3. The van der Waals surface area contributed by atoms with Crippen molar-refractivity contribution in [2.75, 3.05) is 14.1 Å². The molecule has 3 rings (SSSR count). The summed E-state index contributed by atoms with van der Waals surface area (Å²) in [5.41, 5.74) is -5.20. The molecule has 0 bridgehead atoms. The van der Waals surface area contributed by atoms with E-state index in [0.717, 1.165) is 0 Å². The standard InChI is InChI=1S/C15H15BF3NO5S/c1-20(2,12-8-4-3-5-9-12)16(25-26(21,22)15(17,18)19)23-13-10-6-7-11-14(13)24-16/h3-11H,1-2H3. The summed E-state index contributed by atoms with van der Waals surface area (Å²) in [7, 11) is -3.11. The average Bonchev–Trinajstić information content (AvgIpc) is 2.93. The van der Waals surface area contributed by atoms with E-state index in [2.05, 4.69) is 4.10 Å². The molecule has 0 saturated heterocycles. The third-order valence-corrected chi connectivity index (χ3v) is 5.21. The second-order valence-corrected chi connectivity index (χ2v) is 7.72. The van der Waals surface area contributed by atoms with Gasteiger partial charge in [0.2, 0.25) is 0 Å². The lowest BCUT2D eigenvalue weighted by Gasteiger charge is -2.47. The van der Waals surface area contributed by atoms with Crippen molar-refractivity contribution >= 4 is 22.7 Å². The smallest absolute Gasteiger partial charge is 0.600 e. The van der Waals surface area contributed by atoms with Gasteiger partial charge in [-0.3, -0.25) is 0 Å². The van der Waals surface area contributed by atoms with E-state index in [1.54, 1.807) is 42.5 Å². The van der Waals surface area contributed by atoms with E-state index in [-0.39, 0.29) is 11.5 Å². The second-order valence-electron chi connectivity index (χ2n) is 6.16.